The van der Waals surface area contributed by atoms with E-state index >= 15 is 0 Å². The van der Waals surface area contributed by atoms with Gasteiger partial charge in [-0.05, 0) is 63.2 Å². The summed E-state index contributed by atoms with van der Waals surface area (Å²) in [5.74, 6) is 2.23. The van der Waals surface area contributed by atoms with Crippen LogP contribution in [0.4, 0.5) is 0 Å². The standard InChI is InChI=1S/C17H30N2O2/c1-11-7-12(5-6-21-11)10-19-17(20)15-8-13-3-2-4-14(9-15)16(13)18/h11-16H,2-10,18H2,1H3,(H,19,20). The van der Waals surface area contributed by atoms with E-state index < -0.39 is 0 Å². The molecule has 0 radical (unpaired) electrons. The Balaban J connectivity index is 1.47. The number of carbonyl (C=O) groups excluding carboxylic acids is 1. The number of fused-ring (bicyclic) bond motifs is 2. The quantitative estimate of drug-likeness (QED) is 0.837. The summed E-state index contributed by atoms with van der Waals surface area (Å²) in [6, 6.07) is 0.346. The fourth-order valence-electron chi connectivity index (χ4n) is 4.67. The van der Waals surface area contributed by atoms with Crippen molar-refractivity contribution in [2.45, 2.75) is 64.0 Å². The highest BCUT2D eigenvalue weighted by Gasteiger charge is 2.40. The number of amides is 1. The van der Waals surface area contributed by atoms with Crippen LogP contribution in [0.2, 0.25) is 0 Å². The zero-order chi connectivity index (χ0) is 14.8. The van der Waals surface area contributed by atoms with Crippen molar-refractivity contribution < 1.29 is 9.53 Å². The Hall–Kier alpha value is -0.610. The summed E-state index contributed by atoms with van der Waals surface area (Å²) in [6.45, 7) is 3.78. The van der Waals surface area contributed by atoms with Crippen molar-refractivity contribution >= 4 is 5.91 Å². The smallest absolute Gasteiger partial charge is 0.223 e. The monoisotopic (exact) mass is 294 g/mol. The lowest BCUT2D eigenvalue weighted by molar-refractivity contribution is -0.128. The van der Waals surface area contributed by atoms with Crippen LogP contribution in [-0.4, -0.2) is 31.2 Å². The molecule has 0 aromatic heterocycles. The minimum atomic E-state index is 0.206. The van der Waals surface area contributed by atoms with Crippen molar-refractivity contribution in [3.8, 4) is 0 Å². The maximum Gasteiger partial charge on any atom is 0.223 e. The fourth-order valence-corrected chi connectivity index (χ4v) is 4.67. The molecule has 1 aliphatic heterocycles. The Morgan fingerprint density at radius 2 is 1.90 bits per heavy atom. The maximum absolute atomic E-state index is 12.5. The van der Waals surface area contributed by atoms with Gasteiger partial charge in [0.05, 0.1) is 6.10 Å². The second-order valence-electron chi connectivity index (χ2n) is 7.51. The first-order chi connectivity index (χ1) is 10.1. The van der Waals surface area contributed by atoms with E-state index in [9.17, 15) is 4.79 Å². The third-order valence-electron chi connectivity index (χ3n) is 5.94. The van der Waals surface area contributed by atoms with Crippen LogP contribution >= 0.6 is 0 Å². The van der Waals surface area contributed by atoms with Crippen LogP contribution in [0.25, 0.3) is 0 Å². The molecule has 2 saturated carbocycles. The molecule has 21 heavy (non-hydrogen) atoms. The molecule has 4 heteroatoms. The maximum atomic E-state index is 12.5. The van der Waals surface area contributed by atoms with Crippen molar-refractivity contribution in [3.63, 3.8) is 0 Å². The van der Waals surface area contributed by atoms with E-state index in [0.29, 0.717) is 29.9 Å². The van der Waals surface area contributed by atoms with Gasteiger partial charge in [0, 0.05) is 25.1 Å². The molecular formula is C17H30N2O2. The van der Waals surface area contributed by atoms with Crippen LogP contribution in [0.1, 0.15) is 51.9 Å². The molecule has 2 bridgehead atoms. The largest absolute Gasteiger partial charge is 0.378 e. The van der Waals surface area contributed by atoms with Gasteiger partial charge in [0.1, 0.15) is 0 Å². The summed E-state index contributed by atoms with van der Waals surface area (Å²) in [5, 5.41) is 3.21. The average molecular weight is 294 g/mol. The number of nitrogens with one attached hydrogen (secondary N) is 1. The van der Waals surface area contributed by atoms with E-state index in [4.69, 9.17) is 10.5 Å². The summed E-state index contributed by atoms with van der Waals surface area (Å²) in [5.41, 5.74) is 6.31. The average Bonchev–Trinajstić information content (AvgIpc) is 2.44. The molecule has 0 aromatic carbocycles. The number of nitrogens with two attached hydrogens (primary N) is 1. The third kappa shape index (κ3) is 3.59. The van der Waals surface area contributed by atoms with Gasteiger partial charge in [0.25, 0.3) is 0 Å². The number of hydrogen-bond donors (Lipinski definition) is 2. The number of hydrogen-bond acceptors (Lipinski definition) is 3. The van der Waals surface area contributed by atoms with Gasteiger partial charge in [-0.2, -0.15) is 0 Å². The predicted molar refractivity (Wildman–Crippen MR) is 82.7 cm³/mol. The van der Waals surface area contributed by atoms with Crippen molar-refractivity contribution in [3.05, 3.63) is 0 Å². The minimum Gasteiger partial charge on any atom is -0.378 e. The van der Waals surface area contributed by atoms with Crippen molar-refractivity contribution in [1.29, 1.82) is 0 Å². The van der Waals surface area contributed by atoms with Gasteiger partial charge in [0.2, 0.25) is 5.91 Å². The lowest BCUT2D eigenvalue weighted by atomic mass is 9.65. The Labute approximate surface area is 128 Å². The predicted octanol–water partition coefficient (Wildman–Crippen LogP) is 2.07. The van der Waals surface area contributed by atoms with Crippen LogP contribution in [0.5, 0.6) is 0 Å². The first-order valence-electron chi connectivity index (χ1n) is 8.78. The molecule has 0 aromatic rings. The number of rotatable bonds is 3. The molecule has 1 saturated heterocycles. The molecule has 0 spiro atoms. The van der Waals surface area contributed by atoms with Crippen molar-refractivity contribution in [2.24, 2.45) is 29.4 Å². The molecule has 4 atom stereocenters. The van der Waals surface area contributed by atoms with Gasteiger partial charge in [0.15, 0.2) is 0 Å². The molecule has 1 heterocycles. The zero-order valence-electron chi connectivity index (χ0n) is 13.2. The first kappa shape index (κ1) is 15.3. The molecule has 3 rings (SSSR count). The second kappa shape index (κ2) is 6.66. The van der Waals surface area contributed by atoms with Gasteiger partial charge in [-0.15, -0.1) is 0 Å². The van der Waals surface area contributed by atoms with E-state index in [2.05, 4.69) is 12.2 Å². The lowest BCUT2D eigenvalue weighted by Gasteiger charge is -2.43. The van der Waals surface area contributed by atoms with Gasteiger partial charge >= 0.3 is 0 Å². The molecule has 4 unspecified atom stereocenters. The molecule has 3 aliphatic rings. The van der Waals surface area contributed by atoms with E-state index in [0.717, 1.165) is 38.8 Å². The summed E-state index contributed by atoms with van der Waals surface area (Å²) >= 11 is 0. The normalized spacial score (nSPS) is 43.3. The molecule has 4 nitrogen and oxygen atoms in total. The summed E-state index contributed by atoms with van der Waals surface area (Å²) in [7, 11) is 0. The highest BCUT2D eigenvalue weighted by molar-refractivity contribution is 5.78. The highest BCUT2D eigenvalue weighted by Crippen LogP contribution is 2.41. The lowest BCUT2D eigenvalue weighted by Crippen LogP contribution is -2.49. The SMILES string of the molecule is CC1CC(CNC(=O)C2CC3CCCC(C2)C3N)CCO1. The minimum absolute atomic E-state index is 0.206. The zero-order valence-corrected chi connectivity index (χ0v) is 13.2. The van der Waals surface area contributed by atoms with Crippen LogP contribution in [-0.2, 0) is 9.53 Å². The Kier molecular flexibility index (Phi) is 4.85. The summed E-state index contributed by atoms with van der Waals surface area (Å²) in [6.07, 6.45) is 8.25. The number of ether oxygens (including phenoxy) is 1. The van der Waals surface area contributed by atoms with Gasteiger partial charge < -0.3 is 15.8 Å². The summed E-state index contributed by atoms with van der Waals surface area (Å²) in [4.78, 5) is 12.5. The highest BCUT2D eigenvalue weighted by atomic mass is 16.5. The Bertz CT molecular complexity index is 360. The van der Waals surface area contributed by atoms with Gasteiger partial charge in [-0.3, -0.25) is 4.79 Å². The number of carbonyl (C=O) groups is 1. The Morgan fingerprint density at radius 3 is 2.57 bits per heavy atom. The first-order valence-corrected chi connectivity index (χ1v) is 8.78. The molecule has 3 fully saturated rings. The summed E-state index contributed by atoms with van der Waals surface area (Å²) < 4.78 is 5.57. The topological polar surface area (TPSA) is 64.4 Å². The van der Waals surface area contributed by atoms with E-state index in [1.165, 1.54) is 19.3 Å². The second-order valence-corrected chi connectivity index (χ2v) is 7.51. The molecule has 3 N–H and O–H groups in total. The molecule has 2 aliphatic carbocycles. The van der Waals surface area contributed by atoms with Crippen LogP contribution < -0.4 is 11.1 Å². The van der Waals surface area contributed by atoms with Crippen molar-refractivity contribution in [1.82, 2.24) is 5.32 Å². The van der Waals surface area contributed by atoms with Gasteiger partial charge in [-0.1, -0.05) is 6.42 Å². The van der Waals surface area contributed by atoms with Crippen LogP contribution in [0.3, 0.4) is 0 Å². The van der Waals surface area contributed by atoms with E-state index in [-0.39, 0.29) is 11.8 Å². The van der Waals surface area contributed by atoms with E-state index in [1.807, 2.05) is 0 Å². The fraction of sp³-hybridized carbons (Fsp3) is 0.941. The molecule has 120 valence electrons. The van der Waals surface area contributed by atoms with Crippen LogP contribution in [0.15, 0.2) is 0 Å². The molecule has 1 amide bonds. The third-order valence-corrected chi connectivity index (χ3v) is 5.94. The molecular weight excluding hydrogens is 264 g/mol. The van der Waals surface area contributed by atoms with Gasteiger partial charge in [-0.25, -0.2) is 0 Å². The van der Waals surface area contributed by atoms with Crippen LogP contribution in [0, 0.1) is 23.7 Å². The van der Waals surface area contributed by atoms with E-state index in [1.54, 1.807) is 0 Å². The Morgan fingerprint density at radius 1 is 1.19 bits per heavy atom. The van der Waals surface area contributed by atoms with Crippen molar-refractivity contribution in [2.75, 3.05) is 13.2 Å².